The molecule has 1 aliphatic carbocycles. The maximum Gasteiger partial charge on any atom is 0.221 e. The highest BCUT2D eigenvalue weighted by atomic mass is 79.9. The van der Waals surface area contributed by atoms with E-state index in [-0.39, 0.29) is 30.3 Å². The number of carbonyl (C=O) groups is 1. The molecule has 5 rings (SSSR count). The lowest BCUT2D eigenvalue weighted by Gasteiger charge is -2.24. The van der Waals surface area contributed by atoms with E-state index in [1.807, 2.05) is 0 Å². The average molecular weight is 589 g/mol. The van der Waals surface area contributed by atoms with Gasteiger partial charge in [-0.1, -0.05) is 65.0 Å². The molecule has 2 atom stereocenters. The van der Waals surface area contributed by atoms with Crippen molar-refractivity contribution in [3.05, 3.63) is 69.8 Å². The lowest BCUT2D eigenvalue weighted by molar-refractivity contribution is -0.122. The SMILES string of the molecule is Cc1cccc(C(CC(=O)NCC2CNCCO2)c2cn(CC3CCCCC3)c3ccc(Br)cc23)c1.Cl. The zero-order valence-electron chi connectivity index (χ0n) is 21.7. The second-order valence-corrected chi connectivity index (χ2v) is 11.5. The van der Waals surface area contributed by atoms with E-state index in [9.17, 15) is 4.79 Å². The summed E-state index contributed by atoms with van der Waals surface area (Å²) in [5, 5.41) is 7.72. The second-order valence-electron chi connectivity index (χ2n) is 10.6. The number of hydrogen-bond acceptors (Lipinski definition) is 3. The van der Waals surface area contributed by atoms with E-state index in [0.29, 0.717) is 19.6 Å². The minimum absolute atomic E-state index is 0. The van der Waals surface area contributed by atoms with Gasteiger partial charge in [0.25, 0.3) is 0 Å². The van der Waals surface area contributed by atoms with Crippen LogP contribution in [0.4, 0.5) is 0 Å². The number of nitrogens with zero attached hydrogens (tertiary/aromatic N) is 1. The summed E-state index contributed by atoms with van der Waals surface area (Å²) in [7, 11) is 0. The number of hydrogen-bond donors (Lipinski definition) is 2. The number of fused-ring (bicyclic) bond motifs is 1. The van der Waals surface area contributed by atoms with Gasteiger partial charge in [0.15, 0.2) is 0 Å². The third-order valence-electron chi connectivity index (χ3n) is 7.79. The summed E-state index contributed by atoms with van der Waals surface area (Å²) in [5.41, 5.74) is 4.90. The van der Waals surface area contributed by atoms with Gasteiger partial charge in [0, 0.05) is 60.1 Å². The van der Waals surface area contributed by atoms with Crippen LogP contribution >= 0.6 is 28.3 Å². The van der Waals surface area contributed by atoms with Crippen molar-refractivity contribution < 1.29 is 9.53 Å². The summed E-state index contributed by atoms with van der Waals surface area (Å²) in [4.78, 5) is 13.3. The van der Waals surface area contributed by atoms with Crippen LogP contribution in [0.2, 0.25) is 0 Å². The predicted octanol–water partition coefficient (Wildman–Crippen LogP) is 6.34. The molecule has 0 bridgehead atoms. The summed E-state index contributed by atoms with van der Waals surface area (Å²) < 4.78 is 9.30. The molecule has 2 N–H and O–H groups in total. The molecule has 1 aliphatic heterocycles. The van der Waals surface area contributed by atoms with Crippen LogP contribution in [0.3, 0.4) is 0 Å². The number of aryl methyl sites for hydroxylation is 1. The Kier molecular flexibility index (Phi) is 10.1. The Labute approximate surface area is 235 Å². The Morgan fingerprint density at radius 1 is 1.19 bits per heavy atom. The van der Waals surface area contributed by atoms with Crippen LogP contribution in [0.5, 0.6) is 0 Å². The number of morpholine rings is 1. The first-order valence-corrected chi connectivity index (χ1v) is 14.3. The zero-order chi connectivity index (χ0) is 24.9. The van der Waals surface area contributed by atoms with Crippen LogP contribution in [0.25, 0.3) is 10.9 Å². The van der Waals surface area contributed by atoms with E-state index in [1.165, 1.54) is 59.7 Å². The van der Waals surface area contributed by atoms with Crippen LogP contribution in [-0.4, -0.2) is 42.8 Å². The molecule has 2 aliphatic rings. The number of aromatic nitrogens is 1. The summed E-state index contributed by atoms with van der Waals surface area (Å²) in [6, 6.07) is 15.2. The van der Waals surface area contributed by atoms with Gasteiger partial charge in [-0.05, 0) is 55.0 Å². The van der Waals surface area contributed by atoms with Gasteiger partial charge >= 0.3 is 0 Å². The highest BCUT2D eigenvalue weighted by Crippen LogP contribution is 2.37. The number of halogens is 2. The fourth-order valence-electron chi connectivity index (χ4n) is 5.90. The van der Waals surface area contributed by atoms with Gasteiger partial charge in [-0.25, -0.2) is 0 Å². The zero-order valence-corrected chi connectivity index (χ0v) is 24.1. The molecule has 37 heavy (non-hydrogen) atoms. The number of amides is 1. The largest absolute Gasteiger partial charge is 0.374 e. The Morgan fingerprint density at radius 3 is 2.78 bits per heavy atom. The smallest absolute Gasteiger partial charge is 0.221 e. The van der Waals surface area contributed by atoms with E-state index < -0.39 is 0 Å². The molecule has 1 saturated carbocycles. The molecule has 0 radical (unpaired) electrons. The first kappa shape index (κ1) is 28.2. The third-order valence-corrected chi connectivity index (χ3v) is 8.29. The monoisotopic (exact) mass is 587 g/mol. The maximum atomic E-state index is 13.3. The minimum Gasteiger partial charge on any atom is -0.374 e. The minimum atomic E-state index is -0.0142. The Balaban J connectivity index is 0.00000320. The summed E-state index contributed by atoms with van der Waals surface area (Å²) >= 11 is 3.70. The summed E-state index contributed by atoms with van der Waals surface area (Å²) in [6.07, 6.45) is 9.46. The van der Waals surface area contributed by atoms with Crippen molar-refractivity contribution in [2.24, 2.45) is 5.92 Å². The van der Waals surface area contributed by atoms with Crippen molar-refractivity contribution in [3.63, 3.8) is 0 Å². The van der Waals surface area contributed by atoms with Gasteiger partial charge in [0.2, 0.25) is 5.91 Å². The first-order valence-electron chi connectivity index (χ1n) is 13.5. The number of rotatable bonds is 8. The molecule has 5 nitrogen and oxygen atoms in total. The Bertz CT molecular complexity index is 1180. The van der Waals surface area contributed by atoms with Crippen LogP contribution in [0.15, 0.2) is 53.1 Å². The first-order chi connectivity index (χ1) is 17.6. The van der Waals surface area contributed by atoms with Crippen molar-refractivity contribution in [1.82, 2.24) is 15.2 Å². The summed E-state index contributed by atoms with van der Waals surface area (Å²) in [5.74, 6) is 0.786. The second kappa shape index (κ2) is 13.3. The molecular formula is C30H39BrClN3O2. The highest BCUT2D eigenvalue weighted by Gasteiger charge is 2.25. The topological polar surface area (TPSA) is 55.3 Å². The van der Waals surface area contributed by atoms with Crippen LogP contribution < -0.4 is 10.6 Å². The number of nitrogens with one attached hydrogen (secondary N) is 2. The van der Waals surface area contributed by atoms with Crippen LogP contribution in [-0.2, 0) is 16.1 Å². The molecule has 200 valence electrons. The van der Waals surface area contributed by atoms with Crippen LogP contribution in [0, 0.1) is 12.8 Å². The standard InChI is InChI=1S/C30H38BrN3O2.ClH/c1-21-6-5-9-23(14-21)26(16-30(35)33-18-25-17-32-12-13-36-25)28-20-34(19-22-7-3-2-4-8-22)29-11-10-24(31)15-27(28)29;/h5-6,9-11,14-15,20,22,25-26,32H,2-4,7-8,12-13,16-19H2,1H3,(H,33,35);1H. The lowest BCUT2D eigenvalue weighted by Crippen LogP contribution is -2.45. The molecule has 1 saturated heterocycles. The van der Waals surface area contributed by atoms with Gasteiger partial charge in [-0.3, -0.25) is 4.79 Å². The molecule has 7 heteroatoms. The van der Waals surface area contributed by atoms with E-state index in [0.717, 1.165) is 30.0 Å². The Morgan fingerprint density at radius 2 is 2.03 bits per heavy atom. The molecule has 0 spiro atoms. The van der Waals surface area contributed by atoms with Crippen molar-refractivity contribution >= 4 is 45.1 Å². The number of ether oxygens (including phenoxy) is 1. The molecule has 1 aromatic heterocycles. The van der Waals surface area contributed by atoms with Gasteiger partial charge in [0.1, 0.15) is 0 Å². The lowest BCUT2D eigenvalue weighted by atomic mass is 9.87. The molecular weight excluding hydrogens is 550 g/mol. The molecule has 1 amide bonds. The quantitative estimate of drug-likeness (QED) is 0.323. The van der Waals surface area contributed by atoms with Gasteiger partial charge < -0.3 is 19.9 Å². The fraction of sp³-hybridized carbons (Fsp3) is 0.500. The van der Waals surface area contributed by atoms with Crippen molar-refractivity contribution in [3.8, 4) is 0 Å². The average Bonchev–Trinajstić information content (AvgIpc) is 3.24. The molecule has 2 heterocycles. The van der Waals surface area contributed by atoms with E-state index in [4.69, 9.17) is 4.74 Å². The Hall–Kier alpha value is -1.86. The van der Waals surface area contributed by atoms with E-state index >= 15 is 0 Å². The van der Waals surface area contributed by atoms with Crippen LogP contribution in [0.1, 0.15) is 61.1 Å². The van der Waals surface area contributed by atoms with Crippen molar-refractivity contribution in [1.29, 1.82) is 0 Å². The maximum absolute atomic E-state index is 13.3. The third kappa shape index (κ3) is 7.17. The molecule has 2 unspecified atom stereocenters. The molecule has 3 aromatic rings. The fourth-order valence-corrected chi connectivity index (χ4v) is 6.26. The molecule has 2 aromatic carbocycles. The van der Waals surface area contributed by atoms with E-state index in [2.05, 4.69) is 86.7 Å². The number of carbonyl (C=O) groups excluding carboxylic acids is 1. The van der Waals surface area contributed by atoms with Gasteiger partial charge in [-0.15, -0.1) is 12.4 Å². The number of benzene rings is 2. The van der Waals surface area contributed by atoms with Crippen molar-refractivity contribution in [2.75, 3.05) is 26.2 Å². The van der Waals surface area contributed by atoms with E-state index in [1.54, 1.807) is 0 Å². The normalized spacial score (nSPS) is 19.4. The van der Waals surface area contributed by atoms with Gasteiger partial charge in [0.05, 0.1) is 12.7 Å². The highest BCUT2D eigenvalue weighted by molar-refractivity contribution is 9.10. The summed E-state index contributed by atoms with van der Waals surface area (Å²) in [6.45, 7) is 6.07. The van der Waals surface area contributed by atoms with Crippen molar-refractivity contribution in [2.45, 2.75) is 64.0 Å². The van der Waals surface area contributed by atoms with Gasteiger partial charge in [-0.2, -0.15) is 0 Å². The predicted molar refractivity (Wildman–Crippen MR) is 157 cm³/mol. The molecule has 2 fully saturated rings.